The first-order chi connectivity index (χ1) is 11.2. The SMILES string of the molecule is N[C@@H](Cc1c[nH]c2ccccc12)C(=O)N1CCC(CCO)CC1. The molecule has 124 valence electrons. The van der Waals surface area contributed by atoms with Gasteiger partial charge >= 0.3 is 0 Å². The molecule has 1 amide bonds. The molecule has 1 saturated heterocycles. The molecule has 1 aliphatic rings. The highest BCUT2D eigenvalue weighted by molar-refractivity contribution is 5.86. The van der Waals surface area contributed by atoms with Crippen LogP contribution < -0.4 is 5.73 Å². The normalized spacial score (nSPS) is 17.6. The number of aliphatic hydroxyl groups excluding tert-OH is 1. The average molecular weight is 315 g/mol. The van der Waals surface area contributed by atoms with Crippen LogP contribution in [0, 0.1) is 5.92 Å². The van der Waals surface area contributed by atoms with Crippen LogP contribution in [0.3, 0.4) is 0 Å². The van der Waals surface area contributed by atoms with E-state index in [1.165, 1.54) is 0 Å². The Morgan fingerprint density at radius 3 is 2.83 bits per heavy atom. The number of nitrogens with two attached hydrogens (primary N) is 1. The number of hydrogen-bond donors (Lipinski definition) is 3. The van der Waals surface area contributed by atoms with Gasteiger partial charge in [-0.1, -0.05) is 18.2 Å². The summed E-state index contributed by atoms with van der Waals surface area (Å²) in [6, 6.07) is 7.57. The second-order valence-corrected chi connectivity index (χ2v) is 6.45. The third kappa shape index (κ3) is 3.57. The Morgan fingerprint density at radius 1 is 1.35 bits per heavy atom. The van der Waals surface area contributed by atoms with Gasteiger partial charge < -0.3 is 20.7 Å². The smallest absolute Gasteiger partial charge is 0.239 e. The molecule has 0 aliphatic carbocycles. The van der Waals surface area contributed by atoms with Crippen LogP contribution in [-0.4, -0.2) is 46.6 Å². The molecule has 3 rings (SSSR count). The number of carbonyl (C=O) groups excluding carboxylic acids is 1. The van der Waals surface area contributed by atoms with Gasteiger partial charge in [0.1, 0.15) is 0 Å². The molecular weight excluding hydrogens is 290 g/mol. The first kappa shape index (κ1) is 16.0. The number of aromatic nitrogens is 1. The Kier molecular flexibility index (Phi) is 4.98. The minimum absolute atomic E-state index is 0.0396. The van der Waals surface area contributed by atoms with Gasteiger partial charge in [0.25, 0.3) is 0 Å². The summed E-state index contributed by atoms with van der Waals surface area (Å²) in [5.74, 6) is 0.576. The van der Waals surface area contributed by atoms with Crippen molar-refractivity contribution >= 4 is 16.8 Å². The lowest BCUT2D eigenvalue weighted by Gasteiger charge is -2.33. The number of para-hydroxylation sites is 1. The Morgan fingerprint density at radius 2 is 2.09 bits per heavy atom. The first-order valence-electron chi connectivity index (χ1n) is 8.39. The molecule has 5 heteroatoms. The maximum atomic E-state index is 12.6. The van der Waals surface area contributed by atoms with E-state index in [4.69, 9.17) is 10.8 Å². The molecule has 0 saturated carbocycles. The average Bonchev–Trinajstić information content (AvgIpc) is 2.98. The maximum absolute atomic E-state index is 12.6. The van der Waals surface area contributed by atoms with Crippen LogP contribution in [0.2, 0.25) is 0 Å². The Labute approximate surface area is 136 Å². The van der Waals surface area contributed by atoms with Crippen LogP contribution in [-0.2, 0) is 11.2 Å². The van der Waals surface area contributed by atoms with Crippen LogP contribution in [0.4, 0.5) is 0 Å². The minimum Gasteiger partial charge on any atom is -0.396 e. The van der Waals surface area contributed by atoms with Crippen molar-refractivity contribution in [3.63, 3.8) is 0 Å². The zero-order chi connectivity index (χ0) is 16.2. The number of aliphatic hydroxyl groups is 1. The molecule has 5 nitrogen and oxygen atoms in total. The third-order valence-electron chi connectivity index (χ3n) is 4.90. The molecule has 2 aromatic rings. The zero-order valence-electron chi connectivity index (χ0n) is 13.4. The summed E-state index contributed by atoms with van der Waals surface area (Å²) in [6.45, 7) is 1.74. The number of amides is 1. The van der Waals surface area contributed by atoms with Crippen molar-refractivity contribution in [1.29, 1.82) is 0 Å². The second-order valence-electron chi connectivity index (χ2n) is 6.45. The number of aromatic amines is 1. The van der Waals surface area contributed by atoms with Gasteiger partial charge in [-0.05, 0) is 43.2 Å². The monoisotopic (exact) mass is 315 g/mol. The van der Waals surface area contributed by atoms with Gasteiger partial charge in [-0.25, -0.2) is 0 Å². The molecule has 1 fully saturated rings. The zero-order valence-corrected chi connectivity index (χ0v) is 13.4. The molecule has 0 spiro atoms. The predicted molar refractivity (Wildman–Crippen MR) is 91.0 cm³/mol. The summed E-state index contributed by atoms with van der Waals surface area (Å²) in [5.41, 5.74) is 8.35. The van der Waals surface area contributed by atoms with E-state index in [0.29, 0.717) is 12.3 Å². The number of rotatable bonds is 5. The summed E-state index contributed by atoms with van der Waals surface area (Å²) in [5, 5.41) is 10.1. The van der Waals surface area contributed by atoms with E-state index >= 15 is 0 Å². The van der Waals surface area contributed by atoms with Crippen molar-refractivity contribution in [1.82, 2.24) is 9.88 Å². The van der Waals surface area contributed by atoms with E-state index in [2.05, 4.69) is 11.1 Å². The van der Waals surface area contributed by atoms with Crippen molar-refractivity contribution in [2.75, 3.05) is 19.7 Å². The summed E-state index contributed by atoms with van der Waals surface area (Å²) < 4.78 is 0. The Bertz CT molecular complexity index is 659. The summed E-state index contributed by atoms with van der Waals surface area (Å²) >= 11 is 0. The van der Waals surface area contributed by atoms with Gasteiger partial charge in [-0.3, -0.25) is 4.79 Å². The van der Waals surface area contributed by atoms with Gasteiger partial charge in [-0.2, -0.15) is 0 Å². The summed E-state index contributed by atoms with van der Waals surface area (Å²) in [7, 11) is 0. The quantitative estimate of drug-likeness (QED) is 0.785. The van der Waals surface area contributed by atoms with Crippen LogP contribution in [0.25, 0.3) is 10.9 Å². The minimum atomic E-state index is -0.497. The lowest BCUT2D eigenvalue weighted by Crippen LogP contribution is -2.48. The lowest BCUT2D eigenvalue weighted by atomic mass is 9.93. The van der Waals surface area contributed by atoms with E-state index in [1.807, 2.05) is 29.3 Å². The molecule has 1 aromatic heterocycles. The van der Waals surface area contributed by atoms with Crippen molar-refractivity contribution in [2.24, 2.45) is 11.7 Å². The second kappa shape index (κ2) is 7.15. The number of nitrogens with zero attached hydrogens (tertiary/aromatic N) is 1. The first-order valence-corrected chi connectivity index (χ1v) is 8.39. The molecule has 2 heterocycles. The number of benzene rings is 1. The molecule has 23 heavy (non-hydrogen) atoms. The van der Waals surface area contributed by atoms with E-state index in [-0.39, 0.29) is 12.5 Å². The van der Waals surface area contributed by atoms with Crippen LogP contribution in [0.15, 0.2) is 30.5 Å². The van der Waals surface area contributed by atoms with Crippen molar-refractivity contribution in [3.8, 4) is 0 Å². The molecule has 1 aliphatic heterocycles. The number of nitrogens with one attached hydrogen (secondary N) is 1. The number of H-pyrrole nitrogens is 1. The standard InChI is InChI=1S/C18H25N3O2/c19-16(11-14-12-20-17-4-2-1-3-15(14)17)18(23)21-8-5-13(6-9-21)7-10-22/h1-4,12-13,16,20,22H,5-11,19H2/t16-/m0/s1. The Balaban J connectivity index is 1.60. The fraction of sp³-hybridized carbons (Fsp3) is 0.500. The van der Waals surface area contributed by atoms with Crippen molar-refractivity contribution in [3.05, 3.63) is 36.0 Å². The highest BCUT2D eigenvalue weighted by Crippen LogP contribution is 2.22. The van der Waals surface area contributed by atoms with E-state index < -0.39 is 6.04 Å². The van der Waals surface area contributed by atoms with Crippen LogP contribution >= 0.6 is 0 Å². The number of likely N-dealkylation sites (tertiary alicyclic amines) is 1. The number of piperidine rings is 1. The van der Waals surface area contributed by atoms with Gasteiger partial charge in [0.15, 0.2) is 0 Å². The number of carbonyl (C=O) groups is 1. The van der Waals surface area contributed by atoms with Crippen molar-refractivity contribution in [2.45, 2.75) is 31.7 Å². The largest absolute Gasteiger partial charge is 0.396 e. The van der Waals surface area contributed by atoms with Gasteiger partial charge in [-0.15, -0.1) is 0 Å². The van der Waals surface area contributed by atoms with Gasteiger partial charge in [0, 0.05) is 36.8 Å². The maximum Gasteiger partial charge on any atom is 0.239 e. The lowest BCUT2D eigenvalue weighted by molar-refractivity contribution is -0.134. The summed E-state index contributed by atoms with van der Waals surface area (Å²) in [6.07, 6.45) is 5.27. The number of hydrogen-bond acceptors (Lipinski definition) is 3. The van der Waals surface area contributed by atoms with E-state index in [1.54, 1.807) is 0 Å². The molecular formula is C18H25N3O2. The molecule has 0 unspecified atom stereocenters. The van der Waals surface area contributed by atoms with E-state index in [0.717, 1.165) is 48.8 Å². The molecule has 0 bridgehead atoms. The molecule has 4 N–H and O–H groups in total. The number of fused-ring (bicyclic) bond motifs is 1. The fourth-order valence-electron chi connectivity index (χ4n) is 3.48. The molecule has 1 atom stereocenters. The highest BCUT2D eigenvalue weighted by atomic mass is 16.3. The fourth-order valence-corrected chi connectivity index (χ4v) is 3.48. The highest BCUT2D eigenvalue weighted by Gasteiger charge is 2.26. The molecule has 0 radical (unpaired) electrons. The van der Waals surface area contributed by atoms with Gasteiger partial charge in [0.05, 0.1) is 6.04 Å². The Hall–Kier alpha value is -1.85. The molecule has 1 aromatic carbocycles. The van der Waals surface area contributed by atoms with Gasteiger partial charge in [0.2, 0.25) is 5.91 Å². The topological polar surface area (TPSA) is 82.4 Å². The predicted octanol–water partition coefficient (Wildman–Crippen LogP) is 1.66. The third-order valence-corrected chi connectivity index (χ3v) is 4.90. The van der Waals surface area contributed by atoms with Crippen LogP contribution in [0.5, 0.6) is 0 Å². The van der Waals surface area contributed by atoms with Crippen molar-refractivity contribution < 1.29 is 9.90 Å². The summed E-state index contributed by atoms with van der Waals surface area (Å²) in [4.78, 5) is 17.7. The van der Waals surface area contributed by atoms with E-state index in [9.17, 15) is 4.79 Å². The van der Waals surface area contributed by atoms with Crippen LogP contribution in [0.1, 0.15) is 24.8 Å².